The standard InChI is InChI=1S/C20H42O.10C3H8O3/c1-3-5-7-9-11-13-15-17-19-21-20-18-16-14-12-10-8-6-4-2;10*4-1-3(6)2-5/h3-20H2,1-2H3;10*3-6H,1-2H2. The molecule has 0 atom stereocenters. The lowest BCUT2D eigenvalue weighted by atomic mass is 10.1. The van der Waals surface area contributed by atoms with Gasteiger partial charge >= 0.3 is 0 Å². The smallest absolute Gasteiger partial charge is 0.100 e. The van der Waals surface area contributed by atoms with Gasteiger partial charge in [0.2, 0.25) is 0 Å². The summed E-state index contributed by atoms with van der Waals surface area (Å²) in [6.07, 6.45) is 12.7. The molecule has 0 radical (unpaired) electrons. The van der Waals surface area contributed by atoms with Crippen LogP contribution in [0, 0.1) is 0 Å². The Morgan fingerprint density at radius 2 is 0.272 bits per heavy atom. The summed E-state index contributed by atoms with van der Waals surface area (Å²) < 4.78 is 5.72. The molecule has 0 saturated heterocycles. The van der Waals surface area contributed by atoms with Gasteiger partial charge in [-0.25, -0.2) is 0 Å². The number of ether oxygens (including phenoxy) is 1. The van der Waals surface area contributed by atoms with Crippen LogP contribution in [-0.2, 0) is 4.74 Å². The van der Waals surface area contributed by atoms with Crippen molar-refractivity contribution >= 4 is 0 Å². The predicted octanol–water partition coefficient (Wildman–Crippen LogP) is -9.40. The fraction of sp³-hybridized carbons (Fsp3) is 1.00. The lowest BCUT2D eigenvalue weighted by Gasteiger charge is -2.05. The van der Waals surface area contributed by atoms with E-state index in [0.29, 0.717) is 0 Å². The van der Waals surface area contributed by atoms with E-state index < -0.39 is 61.0 Å². The molecule has 0 aliphatic carbocycles. The first-order valence-corrected chi connectivity index (χ1v) is 27.1. The molecule has 31 nitrogen and oxygen atoms in total. The zero-order valence-electron chi connectivity index (χ0n) is 48.5. The van der Waals surface area contributed by atoms with Crippen molar-refractivity contribution in [2.24, 2.45) is 0 Å². The lowest BCUT2D eigenvalue weighted by Crippen LogP contribution is -2.15. The van der Waals surface area contributed by atoms with Crippen molar-refractivity contribution in [1.29, 1.82) is 0 Å². The van der Waals surface area contributed by atoms with Crippen LogP contribution in [0.25, 0.3) is 0 Å². The highest BCUT2D eigenvalue weighted by Gasteiger charge is 1.99. The van der Waals surface area contributed by atoms with Crippen LogP contribution >= 0.6 is 0 Å². The molecule has 0 aromatic carbocycles. The van der Waals surface area contributed by atoms with E-state index in [4.69, 9.17) is 158 Å². The van der Waals surface area contributed by atoms with Gasteiger partial charge in [0.05, 0.1) is 132 Å². The molecule has 31 heteroatoms. The molecule has 0 aromatic heterocycles. The summed E-state index contributed by atoms with van der Waals surface area (Å²) in [6.45, 7) is -0.746. The molecule has 0 heterocycles. The van der Waals surface area contributed by atoms with Gasteiger partial charge in [-0.2, -0.15) is 0 Å². The summed E-state index contributed by atoms with van der Waals surface area (Å²) in [7, 11) is 0. The minimum absolute atomic E-state index is 0.365. The Hall–Kier alpha value is -1.24. The predicted molar refractivity (Wildman–Crippen MR) is 298 cm³/mol. The Bertz CT molecular complexity index is 697. The molecular weight excluding hydrogens is 1100 g/mol. The number of rotatable bonds is 38. The Kier molecular flexibility index (Phi) is 134. The molecule has 30 N–H and O–H groups in total. The third kappa shape index (κ3) is 144. The molecular formula is C50H122O31. The molecule has 0 unspecified atom stereocenters. The van der Waals surface area contributed by atoms with Gasteiger partial charge in [-0.05, 0) is 12.8 Å². The summed E-state index contributed by atoms with van der Waals surface area (Å²) in [5.41, 5.74) is 0. The van der Waals surface area contributed by atoms with E-state index in [1.54, 1.807) is 0 Å². The monoisotopic (exact) mass is 1220 g/mol. The Labute approximate surface area is 480 Å². The van der Waals surface area contributed by atoms with Crippen molar-refractivity contribution < 1.29 is 158 Å². The first-order chi connectivity index (χ1) is 38.5. The zero-order chi connectivity index (χ0) is 65.4. The molecule has 0 aliphatic heterocycles. The maximum atomic E-state index is 8.17. The van der Waals surface area contributed by atoms with E-state index in [1.807, 2.05) is 0 Å². The molecule has 0 fully saturated rings. The molecule has 508 valence electrons. The van der Waals surface area contributed by atoms with Crippen LogP contribution in [-0.4, -0.2) is 360 Å². The molecule has 81 heavy (non-hydrogen) atoms. The van der Waals surface area contributed by atoms with Crippen molar-refractivity contribution in [2.45, 2.75) is 178 Å². The molecule has 0 amide bonds. The Morgan fingerprint density at radius 3 is 0.358 bits per heavy atom. The van der Waals surface area contributed by atoms with E-state index in [0.717, 1.165) is 13.2 Å². The lowest BCUT2D eigenvalue weighted by molar-refractivity contribution is 0.0450. The van der Waals surface area contributed by atoms with Crippen molar-refractivity contribution in [1.82, 2.24) is 0 Å². The van der Waals surface area contributed by atoms with Gasteiger partial charge in [-0.1, -0.05) is 104 Å². The van der Waals surface area contributed by atoms with Gasteiger partial charge in [-0.3, -0.25) is 0 Å². The average Bonchev–Trinajstić information content (AvgIpc) is 3.52. The number of unbranched alkanes of at least 4 members (excludes halogenated alkanes) is 14. The van der Waals surface area contributed by atoms with Crippen molar-refractivity contribution in [3.63, 3.8) is 0 Å². The van der Waals surface area contributed by atoms with Crippen molar-refractivity contribution in [3.05, 3.63) is 0 Å². The fourth-order valence-electron chi connectivity index (χ4n) is 3.36. The average molecular weight is 1220 g/mol. The summed E-state index contributed by atoms with van der Waals surface area (Å²) in [5.74, 6) is 0. The SMILES string of the molecule is CCCCCCCCCCOCCCCCCCCCC.OCC(O)CO.OCC(O)CO.OCC(O)CO.OCC(O)CO.OCC(O)CO.OCC(O)CO.OCC(O)CO.OCC(O)CO.OCC(O)CO.OCC(O)CO. The quantitative estimate of drug-likeness (QED) is 0.0255. The molecule has 0 rings (SSSR count). The maximum Gasteiger partial charge on any atom is 0.100 e. The van der Waals surface area contributed by atoms with Gasteiger partial charge in [0.1, 0.15) is 61.0 Å². The van der Waals surface area contributed by atoms with Gasteiger partial charge in [0, 0.05) is 13.2 Å². The summed E-state index contributed by atoms with van der Waals surface area (Å²) >= 11 is 0. The second kappa shape index (κ2) is 104. The Balaban J connectivity index is -0.0000000778. The van der Waals surface area contributed by atoms with E-state index in [1.165, 1.54) is 103 Å². The van der Waals surface area contributed by atoms with E-state index >= 15 is 0 Å². The van der Waals surface area contributed by atoms with E-state index in [-0.39, 0.29) is 132 Å². The van der Waals surface area contributed by atoms with Crippen LogP contribution in [0.3, 0.4) is 0 Å². The molecule has 0 bridgehead atoms. The fourth-order valence-corrected chi connectivity index (χ4v) is 3.36. The largest absolute Gasteiger partial charge is 0.394 e. The van der Waals surface area contributed by atoms with Gasteiger partial charge < -0.3 is 158 Å². The number of aliphatic hydroxyl groups excluding tert-OH is 30. The van der Waals surface area contributed by atoms with Crippen molar-refractivity contribution in [2.75, 3.05) is 145 Å². The molecule has 0 aliphatic rings. The number of aliphatic hydroxyl groups is 30. The normalized spacial score (nSPS) is 10.3. The summed E-state index contributed by atoms with van der Waals surface area (Å²) in [5, 5.41) is 240. The second-order valence-electron chi connectivity index (χ2n) is 16.8. The maximum absolute atomic E-state index is 8.17. The highest BCUT2D eigenvalue weighted by atomic mass is 16.5. The van der Waals surface area contributed by atoms with Gasteiger partial charge in [-0.15, -0.1) is 0 Å². The summed E-state index contributed by atoms with van der Waals surface area (Å²) in [6, 6.07) is 0. The van der Waals surface area contributed by atoms with Crippen LogP contribution in [0.4, 0.5) is 0 Å². The summed E-state index contributed by atoms with van der Waals surface area (Å²) in [4.78, 5) is 0. The van der Waals surface area contributed by atoms with E-state index in [2.05, 4.69) is 13.8 Å². The first-order valence-electron chi connectivity index (χ1n) is 27.1. The number of hydrogen-bond donors (Lipinski definition) is 30. The molecule has 0 aromatic rings. The Morgan fingerprint density at radius 1 is 0.173 bits per heavy atom. The minimum Gasteiger partial charge on any atom is -0.394 e. The second-order valence-corrected chi connectivity index (χ2v) is 16.8. The topological polar surface area (TPSA) is 616 Å². The van der Waals surface area contributed by atoms with Crippen LogP contribution < -0.4 is 0 Å². The van der Waals surface area contributed by atoms with Crippen molar-refractivity contribution in [3.8, 4) is 0 Å². The van der Waals surface area contributed by atoms with Crippen LogP contribution in [0.1, 0.15) is 117 Å². The van der Waals surface area contributed by atoms with Gasteiger partial charge in [0.25, 0.3) is 0 Å². The van der Waals surface area contributed by atoms with Crippen LogP contribution in [0.15, 0.2) is 0 Å². The first kappa shape index (κ1) is 105. The molecule has 0 spiro atoms. The highest BCUT2D eigenvalue weighted by molar-refractivity contribution is 4.50. The van der Waals surface area contributed by atoms with Crippen LogP contribution in [0.2, 0.25) is 0 Å². The molecule has 0 saturated carbocycles. The number of hydrogen-bond acceptors (Lipinski definition) is 31. The minimum atomic E-state index is -0.954. The third-order valence-electron chi connectivity index (χ3n) is 8.50. The van der Waals surface area contributed by atoms with E-state index in [9.17, 15) is 0 Å². The third-order valence-corrected chi connectivity index (χ3v) is 8.50. The highest BCUT2D eigenvalue weighted by Crippen LogP contribution is 2.10. The van der Waals surface area contributed by atoms with Gasteiger partial charge in [0.15, 0.2) is 0 Å². The zero-order valence-corrected chi connectivity index (χ0v) is 48.5. The van der Waals surface area contributed by atoms with Crippen LogP contribution in [0.5, 0.6) is 0 Å².